The van der Waals surface area contributed by atoms with Gasteiger partial charge in [0.1, 0.15) is 0 Å². The number of thiophene rings is 1. The molecule has 0 aliphatic carbocycles. The zero-order valence-electron chi connectivity index (χ0n) is 10.8. The maximum absolute atomic E-state index is 12.3. The van der Waals surface area contributed by atoms with Gasteiger partial charge in [0.25, 0.3) is 5.91 Å². The summed E-state index contributed by atoms with van der Waals surface area (Å²) in [6.45, 7) is 2.01. The quantitative estimate of drug-likeness (QED) is 0.790. The summed E-state index contributed by atoms with van der Waals surface area (Å²) < 4.78 is 0. The van der Waals surface area contributed by atoms with Gasteiger partial charge in [-0.05, 0) is 30.9 Å². The largest absolute Gasteiger partial charge is 0.396 e. The second kappa shape index (κ2) is 6.71. The summed E-state index contributed by atoms with van der Waals surface area (Å²) in [4.78, 5) is 15.7. The van der Waals surface area contributed by atoms with E-state index in [2.05, 4.69) is 11.8 Å². The molecule has 2 heterocycles. The second-order valence-corrected chi connectivity index (χ2v) is 5.67. The number of nitrogens with zero attached hydrogens (tertiary/aromatic N) is 1. The number of hydrogen-bond donors (Lipinski definition) is 2. The van der Waals surface area contributed by atoms with Gasteiger partial charge in [0.15, 0.2) is 0 Å². The standard InChI is InChI=1S/C14H18N2O2S/c15-7-1-2-12-3-4-13(19-12)14(18)16-8-5-11(10-17)6-9-16/h3-4,11,17H,5-10,15H2. The fourth-order valence-corrected chi connectivity index (χ4v) is 2.98. The van der Waals surface area contributed by atoms with Crippen molar-refractivity contribution >= 4 is 17.2 Å². The average molecular weight is 278 g/mol. The summed E-state index contributed by atoms with van der Waals surface area (Å²) >= 11 is 1.41. The molecule has 3 N–H and O–H groups in total. The summed E-state index contributed by atoms with van der Waals surface area (Å²) in [5.41, 5.74) is 5.32. The van der Waals surface area contributed by atoms with Crippen LogP contribution in [0.5, 0.6) is 0 Å². The molecule has 0 atom stereocenters. The summed E-state index contributed by atoms with van der Waals surface area (Å²) in [5.74, 6) is 6.14. The first-order valence-corrected chi connectivity index (χ1v) is 7.25. The monoisotopic (exact) mass is 278 g/mol. The van der Waals surface area contributed by atoms with Crippen molar-refractivity contribution in [2.24, 2.45) is 11.7 Å². The predicted molar refractivity (Wildman–Crippen MR) is 76.0 cm³/mol. The fourth-order valence-electron chi connectivity index (χ4n) is 2.13. The molecule has 0 bridgehead atoms. The SMILES string of the molecule is NCC#Cc1ccc(C(=O)N2CCC(CO)CC2)s1. The number of rotatable bonds is 2. The Bertz CT molecular complexity index is 493. The number of likely N-dealkylation sites (tertiary alicyclic amines) is 1. The van der Waals surface area contributed by atoms with Crippen molar-refractivity contribution in [2.75, 3.05) is 26.2 Å². The average Bonchev–Trinajstić information content (AvgIpc) is 2.93. The van der Waals surface area contributed by atoms with Gasteiger partial charge >= 0.3 is 0 Å². The van der Waals surface area contributed by atoms with Gasteiger partial charge in [0, 0.05) is 19.7 Å². The van der Waals surface area contributed by atoms with E-state index < -0.39 is 0 Å². The van der Waals surface area contributed by atoms with Gasteiger partial charge in [0.05, 0.1) is 16.3 Å². The van der Waals surface area contributed by atoms with Gasteiger partial charge in [-0.3, -0.25) is 4.79 Å². The van der Waals surface area contributed by atoms with E-state index in [0.717, 1.165) is 35.7 Å². The number of aliphatic hydroxyl groups is 1. The highest BCUT2D eigenvalue weighted by molar-refractivity contribution is 7.14. The third-order valence-electron chi connectivity index (χ3n) is 3.29. The number of piperidine rings is 1. The van der Waals surface area contributed by atoms with E-state index in [1.807, 2.05) is 17.0 Å². The van der Waals surface area contributed by atoms with E-state index in [9.17, 15) is 4.79 Å². The zero-order valence-corrected chi connectivity index (χ0v) is 11.6. The van der Waals surface area contributed by atoms with Gasteiger partial charge in [0.2, 0.25) is 0 Å². The molecule has 19 heavy (non-hydrogen) atoms. The van der Waals surface area contributed by atoms with Crippen LogP contribution in [0.4, 0.5) is 0 Å². The predicted octanol–water partition coefficient (Wildman–Crippen LogP) is 0.903. The number of carbonyl (C=O) groups excluding carboxylic acids is 1. The van der Waals surface area contributed by atoms with Crippen LogP contribution in [0.3, 0.4) is 0 Å². The number of hydrogen-bond acceptors (Lipinski definition) is 4. The molecule has 0 radical (unpaired) electrons. The second-order valence-electron chi connectivity index (χ2n) is 4.59. The van der Waals surface area contributed by atoms with Gasteiger partial charge in [-0.25, -0.2) is 0 Å². The van der Waals surface area contributed by atoms with Gasteiger partial charge < -0.3 is 15.7 Å². The van der Waals surface area contributed by atoms with E-state index in [1.165, 1.54) is 11.3 Å². The molecule has 0 aromatic carbocycles. The van der Waals surface area contributed by atoms with Crippen LogP contribution in [0.15, 0.2) is 12.1 Å². The topological polar surface area (TPSA) is 66.6 Å². The minimum absolute atomic E-state index is 0.0715. The van der Waals surface area contributed by atoms with Crippen molar-refractivity contribution in [3.05, 3.63) is 21.9 Å². The van der Waals surface area contributed by atoms with Crippen LogP contribution in [0, 0.1) is 17.8 Å². The summed E-state index contributed by atoms with van der Waals surface area (Å²) in [6.07, 6.45) is 1.76. The highest BCUT2D eigenvalue weighted by atomic mass is 32.1. The maximum atomic E-state index is 12.3. The van der Waals surface area contributed by atoms with Crippen molar-refractivity contribution < 1.29 is 9.90 Å². The Morgan fingerprint density at radius 3 is 2.84 bits per heavy atom. The lowest BCUT2D eigenvalue weighted by Crippen LogP contribution is -2.38. The molecule has 0 unspecified atom stereocenters. The molecular weight excluding hydrogens is 260 g/mol. The lowest BCUT2D eigenvalue weighted by molar-refractivity contribution is 0.0655. The fraction of sp³-hybridized carbons (Fsp3) is 0.500. The molecule has 1 saturated heterocycles. The van der Waals surface area contributed by atoms with Gasteiger partial charge in [-0.2, -0.15) is 0 Å². The van der Waals surface area contributed by atoms with Crippen LogP contribution in [-0.4, -0.2) is 42.2 Å². The Morgan fingerprint density at radius 1 is 1.47 bits per heavy atom. The van der Waals surface area contributed by atoms with Crippen LogP contribution in [-0.2, 0) is 0 Å². The molecule has 0 saturated carbocycles. The maximum Gasteiger partial charge on any atom is 0.263 e. The van der Waals surface area contributed by atoms with E-state index in [-0.39, 0.29) is 12.5 Å². The molecule has 1 aliphatic heterocycles. The van der Waals surface area contributed by atoms with Crippen molar-refractivity contribution in [2.45, 2.75) is 12.8 Å². The van der Waals surface area contributed by atoms with Crippen molar-refractivity contribution in [1.29, 1.82) is 0 Å². The first kappa shape index (κ1) is 14.1. The normalized spacial score (nSPS) is 16.0. The Balaban J connectivity index is 1.98. The summed E-state index contributed by atoms with van der Waals surface area (Å²) in [6, 6.07) is 3.69. The minimum Gasteiger partial charge on any atom is -0.396 e. The molecule has 102 valence electrons. The van der Waals surface area contributed by atoms with Crippen molar-refractivity contribution in [3.63, 3.8) is 0 Å². The lowest BCUT2D eigenvalue weighted by atomic mass is 9.98. The van der Waals surface area contributed by atoms with Crippen molar-refractivity contribution in [3.8, 4) is 11.8 Å². The van der Waals surface area contributed by atoms with Crippen LogP contribution < -0.4 is 5.73 Å². The molecule has 2 rings (SSSR count). The van der Waals surface area contributed by atoms with Crippen LogP contribution >= 0.6 is 11.3 Å². The zero-order chi connectivity index (χ0) is 13.7. The molecule has 1 amide bonds. The number of nitrogens with two attached hydrogens (primary N) is 1. The molecule has 5 heteroatoms. The molecule has 1 fully saturated rings. The molecule has 0 spiro atoms. The van der Waals surface area contributed by atoms with E-state index in [4.69, 9.17) is 10.8 Å². The van der Waals surface area contributed by atoms with Gasteiger partial charge in [-0.1, -0.05) is 11.8 Å². The summed E-state index contributed by atoms with van der Waals surface area (Å²) in [5, 5.41) is 9.09. The Kier molecular flexibility index (Phi) is 4.97. The highest BCUT2D eigenvalue weighted by Crippen LogP contribution is 2.22. The van der Waals surface area contributed by atoms with Crippen LogP contribution in [0.25, 0.3) is 0 Å². The number of amides is 1. The van der Waals surface area contributed by atoms with Crippen LogP contribution in [0.2, 0.25) is 0 Å². The number of aliphatic hydroxyl groups excluding tert-OH is 1. The Morgan fingerprint density at radius 2 is 2.21 bits per heavy atom. The Hall–Kier alpha value is -1.35. The molecule has 1 aliphatic rings. The van der Waals surface area contributed by atoms with E-state index in [0.29, 0.717) is 12.5 Å². The van der Waals surface area contributed by atoms with E-state index in [1.54, 1.807) is 0 Å². The van der Waals surface area contributed by atoms with Crippen molar-refractivity contribution in [1.82, 2.24) is 4.90 Å². The number of carbonyl (C=O) groups is 1. The first-order valence-electron chi connectivity index (χ1n) is 6.43. The smallest absolute Gasteiger partial charge is 0.263 e. The highest BCUT2D eigenvalue weighted by Gasteiger charge is 2.23. The van der Waals surface area contributed by atoms with Crippen LogP contribution in [0.1, 0.15) is 27.4 Å². The first-order chi connectivity index (χ1) is 9.24. The molecule has 4 nitrogen and oxygen atoms in total. The third kappa shape index (κ3) is 3.57. The van der Waals surface area contributed by atoms with Gasteiger partial charge in [-0.15, -0.1) is 11.3 Å². The lowest BCUT2D eigenvalue weighted by Gasteiger charge is -2.30. The molecule has 1 aromatic rings. The molecular formula is C14H18N2O2S. The molecule has 1 aromatic heterocycles. The minimum atomic E-state index is 0.0715. The third-order valence-corrected chi connectivity index (χ3v) is 4.28. The van der Waals surface area contributed by atoms with E-state index >= 15 is 0 Å². The summed E-state index contributed by atoms with van der Waals surface area (Å²) in [7, 11) is 0. The Labute approximate surface area is 117 Å².